The third-order valence-corrected chi connectivity index (χ3v) is 3.83. The Morgan fingerprint density at radius 1 is 1.29 bits per heavy atom. The van der Waals surface area contributed by atoms with E-state index in [4.69, 9.17) is 9.26 Å². The van der Waals surface area contributed by atoms with E-state index in [-0.39, 0.29) is 0 Å². The van der Waals surface area contributed by atoms with Gasteiger partial charge in [-0.3, -0.25) is 4.68 Å². The van der Waals surface area contributed by atoms with Crippen molar-refractivity contribution < 1.29 is 9.26 Å². The molecule has 0 fully saturated rings. The summed E-state index contributed by atoms with van der Waals surface area (Å²) in [5.74, 6) is 2.03. The second-order valence-corrected chi connectivity index (χ2v) is 5.68. The van der Waals surface area contributed by atoms with Gasteiger partial charge in [0.05, 0.1) is 25.4 Å². The van der Waals surface area contributed by atoms with Crippen molar-refractivity contribution in [2.24, 2.45) is 0 Å². The second-order valence-electron chi connectivity index (χ2n) is 5.68. The zero-order chi connectivity index (χ0) is 16.9. The van der Waals surface area contributed by atoms with E-state index < -0.39 is 0 Å². The van der Waals surface area contributed by atoms with Crippen molar-refractivity contribution in [1.29, 1.82) is 0 Å². The molecule has 3 rings (SSSR count). The first kappa shape index (κ1) is 16.2. The van der Waals surface area contributed by atoms with E-state index in [0.717, 1.165) is 23.3 Å². The Kier molecular flexibility index (Phi) is 4.90. The van der Waals surface area contributed by atoms with Crippen molar-refractivity contribution in [3.05, 3.63) is 48.0 Å². The predicted molar refractivity (Wildman–Crippen MR) is 89.8 cm³/mol. The standard InChI is InChI=1S/C17H21N5O2/c1-12(18-2)8-16-20-17(24-21-16)14-9-19-22(11-14)10-13-4-6-15(23-3)7-5-13/h4-7,9,11-12,18H,8,10H2,1-3H3. The zero-order valence-corrected chi connectivity index (χ0v) is 14.1. The number of hydrogen-bond donors (Lipinski definition) is 1. The van der Waals surface area contributed by atoms with Gasteiger partial charge in [0.15, 0.2) is 5.82 Å². The Hall–Kier alpha value is -2.67. The van der Waals surface area contributed by atoms with E-state index in [1.807, 2.05) is 42.2 Å². The van der Waals surface area contributed by atoms with Gasteiger partial charge in [0.25, 0.3) is 5.89 Å². The first-order valence-corrected chi connectivity index (χ1v) is 7.83. The molecule has 126 valence electrons. The van der Waals surface area contributed by atoms with Crippen LogP contribution in [-0.2, 0) is 13.0 Å². The predicted octanol–water partition coefficient (Wildman–Crippen LogP) is 2.14. The lowest BCUT2D eigenvalue weighted by Gasteiger charge is -2.04. The number of nitrogens with zero attached hydrogens (tertiary/aromatic N) is 4. The molecule has 3 aromatic rings. The van der Waals surface area contributed by atoms with Crippen LogP contribution in [0.2, 0.25) is 0 Å². The normalized spacial score (nSPS) is 12.3. The summed E-state index contributed by atoms with van der Waals surface area (Å²) in [6.45, 7) is 2.74. The van der Waals surface area contributed by atoms with E-state index >= 15 is 0 Å². The maximum atomic E-state index is 5.33. The molecule has 0 amide bonds. The Labute approximate surface area is 140 Å². The van der Waals surface area contributed by atoms with Crippen LogP contribution in [0.3, 0.4) is 0 Å². The van der Waals surface area contributed by atoms with Crippen molar-refractivity contribution in [2.45, 2.75) is 25.9 Å². The molecule has 0 radical (unpaired) electrons. The lowest BCUT2D eigenvalue weighted by Crippen LogP contribution is -2.24. The van der Waals surface area contributed by atoms with E-state index in [0.29, 0.717) is 24.3 Å². The highest BCUT2D eigenvalue weighted by atomic mass is 16.5. The lowest BCUT2D eigenvalue weighted by molar-refractivity contribution is 0.414. The van der Waals surface area contributed by atoms with Gasteiger partial charge in [0, 0.05) is 18.7 Å². The Morgan fingerprint density at radius 2 is 2.08 bits per heavy atom. The first-order chi connectivity index (χ1) is 11.7. The molecule has 2 heterocycles. The van der Waals surface area contributed by atoms with E-state index in [2.05, 4.69) is 27.5 Å². The summed E-state index contributed by atoms with van der Waals surface area (Å²) in [6.07, 6.45) is 4.37. The molecular weight excluding hydrogens is 306 g/mol. The fourth-order valence-corrected chi connectivity index (χ4v) is 2.31. The Balaban J connectivity index is 1.68. The van der Waals surface area contributed by atoms with Crippen LogP contribution in [0, 0.1) is 0 Å². The van der Waals surface area contributed by atoms with Crippen LogP contribution in [0.15, 0.2) is 41.2 Å². The molecule has 0 aliphatic rings. The molecule has 0 bridgehead atoms. The number of nitrogens with one attached hydrogen (secondary N) is 1. The zero-order valence-electron chi connectivity index (χ0n) is 14.1. The van der Waals surface area contributed by atoms with Gasteiger partial charge in [-0.2, -0.15) is 10.1 Å². The molecular formula is C17H21N5O2. The van der Waals surface area contributed by atoms with Crippen LogP contribution in [-0.4, -0.2) is 40.1 Å². The summed E-state index contributed by atoms with van der Waals surface area (Å²) in [6, 6.07) is 8.21. The number of rotatable bonds is 7. The second kappa shape index (κ2) is 7.27. The summed E-state index contributed by atoms with van der Waals surface area (Å²) in [7, 11) is 3.57. The molecule has 7 nitrogen and oxygen atoms in total. The van der Waals surface area contributed by atoms with Gasteiger partial charge in [-0.25, -0.2) is 0 Å². The highest BCUT2D eigenvalue weighted by molar-refractivity contribution is 5.49. The van der Waals surface area contributed by atoms with Crippen molar-refractivity contribution in [3.8, 4) is 17.2 Å². The quantitative estimate of drug-likeness (QED) is 0.716. The Morgan fingerprint density at radius 3 is 2.79 bits per heavy atom. The van der Waals surface area contributed by atoms with E-state index in [9.17, 15) is 0 Å². The molecule has 0 saturated carbocycles. The molecule has 1 aromatic carbocycles. The highest BCUT2D eigenvalue weighted by Gasteiger charge is 2.13. The van der Waals surface area contributed by atoms with Crippen molar-refractivity contribution in [3.63, 3.8) is 0 Å². The minimum Gasteiger partial charge on any atom is -0.497 e. The fraction of sp³-hybridized carbons (Fsp3) is 0.353. The lowest BCUT2D eigenvalue weighted by atomic mass is 10.2. The van der Waals surface area contributed by atoms with Gasteiger partial charge < -0.3 is 14.6 Å². The van der Waals surface area contributed by atoms with Gasteiger partial charge in [-0.1, -0.05) is 17.3 Å². The molecule has 0 spiro atoms. The van der Waals surface area contributed by atoms with Crippen molar-refractivity contribution in [2.75, 3.05) is 14.2 Å². The maximum Gasteiger partial charge on any atom is 0.261 e. The summed E-state index contributed by atoms with van der Waals surface area (Å²) in [4.78, 5) is 4.42. The number of methoxy groups -OCH3 is 1. The molecule has 24 heavy (non-hydrogen) atoms. The molecule has 0 saturated heterocycles. The largest absolute Gasteiger partial charge is 0.497 e. The topological polar surface area (TPSA) is 78.0 Å². The molecule has 0 aliphatic heterocycles. The van der Waals surface area contributed by atoms with Crippen LogP contribution in [0.4, 0.5) is 0 Å². The van der Waals surface area contributed by atoms with E-state index in [1.54, 1.807) is 13.3 Å². The smallest absolute Gasteiger partial charge is 0.261 e. The molecule has 1 unspecified atom stereocenters. The monoisotopic (exact) mass is 327 g/mol. The van der Waals surface area contributed by atoms with Crippen molar-refractivity contribution in [1.82, 2.24) is 25.2 Å². The number of likely N-dealkylation sites (N-methyl/N-ethyl adjacent to an activating group) is 1. The van der Waals surface area contributed by atoms with Gasteiger partial charge in [-0.05, 0) is 31.7 Å². The minimum absolute atomic E-state index is 0.299. The molecule has 7 heteroatoms. The molecule has 1 atom stereocenters. The average Bonchev–Trinajstić information content (AvgIpc) is 3.25. The third kappa shape index (κ3) is 3.80. The maximum absolute atomic E-state index is 5.33. The highest BCUT2D eigenvalue weighted by Crippen LogP contribution is 2.18. The number of ether oxygens (including phenoxy) is 1. The third-order valence-electron chi connectivity index (χ3n) is 3.83. The minimum atomic E-state index is 0.299. The summed E-state index contributed by atoms with van der Waals surface area (Å²) in [5, 5.41) is 11.5. The molecule has 2 aromatic heterocycles. The number of benzene rings is 1. The van der Waals surface area contributed by atoms with Gasteiger partial charge in [-0.15, -0.1) is 0 Å². The van der Waals surface area contributed by atoms with Crippen LogP contribution in [0.1, 0.15) is 18.3 Å². The van der Waals surface area contributed by atoms with E-state index in [1.165, 1.54) is 0 Å². The van der Waals surface area contributed by atoms with Crippen LogP contribution < -0.4 is 10.1 Å². The summed E-state index contributed by atoms with van der Waals surface area (Å²) < 4.78 is 12.3. The van der Waals surface area contributed by atoms with Gasteiger partial charge in [0.1, 0.15) is 5.75 Å². The van der Waals surface area contributed by atoms with Gasteiger partial charge >= 0.3 is 0 Å². The SMILES string of the molecule is CNC(C)Cc1noc(-c2cnn(Cc3ccc(OC)cc3)c2)n1. The van der Waals surface area contributed by atoms with Crippen LogP contribution in [0.25, 0.3) is 11.5 Å². The van der Waals surface area contributed by atoms with Crippen LogP contribution >= 0.6 is 0 Å². The number of aromatic nitrogens is 4. The summed E-state index contributed by atoms with van der Waals surface area (Å²) in [5.41, 5.74) is 1.96. The molecule has 0 aliphatic carbocycles. The van der Waals surface area contributed by atoms with Crippen molar-refractivity contribution >= 4 is 0 Å². The Bertz CT molecular complexity index is 778. The first-order valence-electron chi connectivity index (χ1n) is 7.83. The average molecular weight is 327 g/mol. The number of hydrogen-bond acceptors (Lipinski definition) is 6. The summed E-state index contributed by atoms with van der Waals surface area (Å²) >= 11 is 0. The fourth-order valence-electron chi connectivity index (χ4n) is 2.31. The van der Waals surface area contributed by atoms with Gasteiger partial charge in [0.2, 0.25) is 0 Å². The molecule has 1 N–H and O–H groups in total. The van der Waals surface area contributed by atoms with Crippen LogP contribution in [0.5, 0.6) is 5.75 Å².